The number of hydrogen-bond acceptors (Lipinski definition) is 7. The van der Waals surface area contributed by atoms with Crippen molar-refractivity contribution in [1.29, 1.82) is 0 Å². The highest BCUT2D eigenvalue weighted by atomic mass is 32.2. The maximum absolute atomic E-state index is 16.3. The van der Waals surface area contributed by atoms with Crippen molar-refractivity contribution in [1.82, 2.24) is 20.1 Å². The fraction of sp³-hybridized carbons (Fsp3) is 0.250. The number of carbonyl (C=O) groups excluding carboxylic acids is 1. The molecule has 1 amide bonds. The minimum atomic E-state index is -4.70. The summed E-state index contributed by atoms with van der Waals surface area (Å²) in [5.41, 5.74) is 1.90. The van der Waals surface area contributed by atoms with E-state index in [1.807, 2.05) is 19.2 Å². The smallest absolute Gasteiger partial charge is 0.265 e. The lowest BCUT2D eigenvalue weighted by molar-refractivity contribution is 0.0663. The van der Waals surface area contributed by atoms with E-state index in [9.17, 15) is 27.1 Å². The minimum Gasteiger partial charge on any atom is -0.507 e. The molecule has 10 nitrogen and oxygen atoms in total. The molecule has 0 bridgehead atoms. The zero-order valence-corrected chi connectivity index (χ0v) is 27.8. The summed E-state index contributed by atoms with van der Waals surface area (Å²) in [5, 5.41) is 17.6. The van der Waals surface area contributed by atoms with Gasteiger partial charge in [-0.25, -0.2) is 21.6 Å². The zero-order valence-electron chi connectivity index (χ0n) is 26.9. The lowest BCUT2D eigenvalue weighted by Crippen LogP contribution is -2.29. The number of para-hydroxylation sites is 1. The number of aromatic nitrogens is 3. The Hall–Kier alpha value is -5.21. The molecule has 260 valence electrons. The molecule has 6 rings (SSSR count). The summed E-state index contributed by atoms with van der Waals surface area (Å²) in [7, 11) is -4.70. The molecule has 0 aliphatic carbocycles. The first-order valence-corrected chi connectivity index (χ1v) is 17.4. The molecule has 0 radical (unpaired) electrons. The van der Waals surface area contributed by atoms with Gasteiger partial charge in [-0.3, -0.25) is 19.2 Å². The Labute approximate surface area is 287 Å². The average Bonchev–Trinajstić information content (AvgIpc) is 3.55. The molecule has 3 heterocycles. The average molecular weight is 706 g/mol. The quantitative estimate of drug-likeness (QED) is 0.143. The maximum Gasteiger partial charge on any atom is 0.265 e. The molecular weight excluding hydrogens is 671 g/mol. The first-order valence-electron chi connectivity index (χ1n) is 16.0. The second-order valence-corrected chi connectivity index (χ2v) is 13.8. The molecule has 1 fully saturated rings. The molecule has 1 unspecified atom stereocenters. The highest BCUT2D eigenvalue weighted by Gasteiger charge is 2.26. The summed E-state index contributed by atoms with van der Waals surface area (Å²) in [6, 6.07) is 16.0. The molecule has 1 aliphatic heterocycles. The first kappa shape index (κ1) is 34.6. The number of halogens is 3. The monoisotopic (exact) mass is 705 g/mol. The summed E-state index contributed by atoms with van der Waals surface area (Å²) in [6.07, 6.45) is 5.31. The minimum absolute atomic E-state index is 0.00988. The third kappa shape index (κ3) is 7.66. The zero-order chi connectivity index (χ0) is 35.4. The van der Waals surface area contributed by atoms with Crippen molar-refractivity contribution in [2.24, 2.45) is 5.92 Å². The number of hydrogen-bond donors (Lipinski definition) is 3. The second-order valence-electron chi connectivity index (χ2n) is 12.1. The van der Waals surface area contributed by atoms with Crippen LogP contribution in [0.4, 0.5) is 18.9 Å². The molecule has 5 aromatic rings. The number of sulfonamides is 1. The molecule has 0 spiro atoms. The number of amides is 1. The van der Waals surface area contributed by atoms with Gasteiger partial charge in [0.1, 0.15) is 28.0 Å². The summed E-state index contributed by atoms with van der Waals surface area (Å²) in [5.74, 6) is -3.64. The highest BCUT2D eigenvalue weighted by Crippen LogP contribution is 2.37. The second kappa shape index (κ2) is 14.7. The van der Waals surface area contributed by atoms with Gasteiger partial charge >= 0.3 is 0 Å². The van der Waals surface area contributed by atoms with E-state index in [0.29, 0.717) is 68.0 Å². The molecule has 0 saturated carbocycles. The van der Waals surface area contributed by atoms with Gasteiger partial charge in [0, 0.05) is 49.0 Å². The number of phenolic OH excluding ortho intramolecular Hbond substituents is 1. The molecule has 2 aromatic heterocycles. The van der Waals surface area contributed by atoms with Gasteiger partial charge in [0.05, 0.1) is 17.3 Å². The van der Waals surface area contributed by atoms with E-state index in [0.717, 1.165) is 6.07 Å². The van der Waals surface area contributed by atoms with Crippen LogP contribution in [0, 0.1) is 23.4 Å². The van der Waals surface area contributed by atoms with Crippen molar-refractivity contribution < 1.29 is 36.2 Å². The van der Waals surface area contributed by atoms with E-state index in [4.69, 9.17) is 9.84 Å². The molecule has 1 saturated heterocycles. The molecule has 3 N–H and O–H groups in total. The van der Waals surface area contributed by atoms with Crippen LogP contribution in [0.15, 0.2) is 90.1 Å². The number of ether oxygens (including phenoxy) is 1. The highest BCUT2D eigenvalue weighted by molar-refractivity contribution is 7.92. The number of aromatic hydroxyl groups is 1. The number of rotatable bonds is 11. The lowest BCUT2D eigenvalue weighted by Gasteiger charge is -2.22. The molecule has 14 heteroatoms. The molecule has 1 atom stereocenters. The SMILES string of the molecule is CC(CNC(=O)c1ccccc1O)Cc1cc(-c2cn(C3CCOCC3)nc2-c2cccc(NS(=O)(=O)c3cc(F)ccc3F)c2F)ccn1. The predicted molar refractivity (Wildman–Crippen MR) is 180 cm³/mol. The number of phenols is 1. The number of pyridine rings is 1. The van der Waals surface area contributed by atoms with Crippen LogP contribution >= 0.6 is 0 Å². The van der Waals surface area contributed by atoms with Crippen LogP contribution in [-0.2, 0) is 21.2 Å². The van der Waals surface area contributed by atoms with Gasteiger partial charge < -0.3 is 15.2 Å². The van der Waals surface area contributed by atoms with Gasteiger partial charge in [0.25, 0.3) is 15.9 Å². The summed E-state index contributed by atoms with van der Waals surface area (Å²) >= 11 is 0. The molecule has 3 aromatic carbocycles. The molecule has 1 aliphatic rings. The summed E-state index contributed by atoms with van der Waals surface area (Å²) in [6.45, 7) is 3.34. The van der Waals surface area contributed by atoms with Crippen molar-refractivity contribution in [2.45, 2.75) is 37.1 Å². The van der Waals surface area contributed by atoms with Crippen LogP contribution in [0.2, 0.25) is 0 Å². The third-order valence-corrected chi connectivity index (χ3v) is 9.80. The van der Waals surface area contributed by atoms with Gasteiger partial charge in [-0.1, -0.05) is 25.1 Å². The number of anilines is 1. The predicted octanol–water partition coefficient (Wildman–Crippen LogP) is 6.50. The molecule has 50 heavy (non-hydrogen) atoms. The van der Waals surface area contributed by atoms with Crippen molar-refractivity contribution in [3.63, 3.8) is 0 Å². The van der Waals surface area contributed by atoms with E-state index in [2.05, 4.69) is 15.0 Å². The topological polar surface area (TPSA) is 135 Å². The van der Waals surface area contributed by atoms with Crippen LogP contribution in [0.3, 0.4) is 0 Å². The van der Waals surface area contributed by atoms with Crippen LogP contribution < -0.4 is 10.0 Å². The van der Waals surface area contributed by atoms with Crippen LogP contribution in [0.25, 0.3) is 22.4 Å². The number of nitrogens with one attached hydrogen (secondary N) is 2. The van der Waals surface area contributed by atoms with Crippen molar-refractivity contribution >= 4 is 21.6 Å². The maximum atomic E-state index is 16.3. The van der Waals surface area contributed by atoms with Gasteiger partial charge in [0.15, 0.2) is 5.82 Å². The largest absolute Gasteiger partial charge is 0.507 e. The van der Waals surface area contributed by atoms with E-state index in [1.165, 1.54) is 30.3 Å². The summed E-state index contributed by atoms with van der Waals surface area (Å²) in [4.78, 5) is 16.1. The number of nitrogens with zero attached hydrogens (tertiary/aromatic N) is 3. The van der Waals surface area contributed by atoms with Crippen LogP contribution in [-0.4, -0.2) is 54.0 Å². The third-order valence-electron chi connectivity index (χ3n) is 8.42. The standard InChI is InChI=1S/C36H34F3N5O5S/c1-22(20-41-36(46)27-5-2-3-8-32(27)45)17-25-18-23(11-14-40-25)29-21-44(26-12-15-49-16-13-26)42-35(29)28-6-4-7-31(34(28)39)43-50(47,48)33-19-24(37)9-10-30(33)38/h2-11,14,18-19,21-22,26,43,45H,12-13,15-17,20H2,1H3,(H,41,46). The number of carbonyl (C=O) groups is 1. The fourth-order valence-corrected chi connectivity index (χ4v) is 6.98. The van der Waals surface area contributed by atoms with Crippen molar-refractivity contribution in [3.8, 4) is 28.1 Å². The Balaban J connectivity index is 1.30. The Morgan fingerprint density at radius 3 is 2.58 bits per heavy atom. The van der Waals surface area contributed by atoms with Crippen LogP contribution in [0.1, 0.15) is 41.9 Å². The van der Waals surface area contributed by atoms with E-state index in [1.54, 1.807) is 29.1 Å². The lowest BCUT2D eigenvalue weighted by atomic mass is 9.99. The van der Waals surface area contributed by atoms with E-state index < -0.39 is 44.0 Å². The molecular formula is C36H34F3N5O5S. The van der Waals surface area contributed by atoms with Crippen molar-refractivity contribution in [2.75, 3.05) is 24.5 Å². The van der Waals surface area contributed by atoms with E-state index in [-0.39, 0.29) is 34.5 Å². The van der Waals surface area contributed by atoms with Gasteiger partial charge in [0.2, 0.25) is 0 Å². The van der Waals surface area contributed by atoms with Gasteiger partial charge in [-0.05, 0) is 85.3 Å². The van der Waals surface area contributed by atoms with Gasteiger partial charge in [-0.15, -0.1) is 0 Å². The first-order chi connectivity index (χ1) is 24.0. The summed E-state index contributed by atoms with van der Waals surface area (Å²) < 4.78 is 79.8. The number of benzene rings is 3. The Kier molecular flexibility index (Phi) is 10.2. The Morgan fingerprint density at radius 2 is 1.80 bits per heavy atom. The van der Waals surface area contributed by atoms with Crippen LogP contribution in [0.5, 0.6) is 5.75 Å². The van der Waals surface area contributed by atoms with E-state index >= 15 is 4.39 Å². The normalized spacial score (nSPS) is 14.3. The van der Waals surface area contributed by atoms with Crippen molar-refractivity contribution in [3.05, 3.63) is 114 Å². The Morgan fingerprint density at radius 1 is 1.02 bits per heavy atom. The van der Waals surface area contributed by atoms with Gasteiger partial charge in [-0.2, -0.15) is 5.10 Å². The fourth-order valence-electron chi connectivity index (χ4n) is 5.83. The Bertz CT molecular complexity index is 2140.